The molecule has 0 bridgehead atoms. The van der Waals surface area contributed by atoms with E-state index in [0.717, 1.165) is 69.5 Å². The van der Waals surface area contributed by atoms with Gasteiger partial charge < -0.3 is 34.7 Å². The molecule has 43 heavy (non-hydrogen) atoms. The van der Waals surface area contributed by atoms with Gasteiger partial charge in [0.15, 0.2) is 23.0 Å². The summed E-state index contributed by atoms with van der Waals surface area (Å²) < 4.78 is 26.7. The van der Waals surface area contributed by atoms with Gasteiger partial charge in [-0.25, -0.2) is 0 Å². The highest BCUT2D eigenvalue weighted by Gasteiger charge is 2.23. The van der Waals surface area contributed by atoms with E-state index in [1.54, 1.807) is 0 Å². The molecule has 0 spiro atoms. The summed E-state index contributed by atoms with van der Waals surface area (Å²) in [6.07, 6.45) is 9.53. The average molecular weight is 577 g/mol. The van der Waals surface area contributed by atoms with Crippen molar-refractivity contribution in [2.24, 2.45) is 0 Å². The van der Waals surface area contributed by atoms with E-state index in [0.29, 0.717) is 13.4 Å². The Balaban J connectivity index is 0.000000162. The van der Waals surface area contributed by atoms with Crippen molar-refractivity contribution in [1.29, 1.82) is 0 Å². The molecule has 3 N–H and O–H groups in total. The lowest BCUT2D eigenvalue weighted by atomic mass is 10.1. The second-order valence-electron chi connectivity index (χ2n) is 10.2. The van der Waals surface area contributed by atoms with E-state index in [9.17, 15) is 4.79 Å². The zero-order valence-electron chi connectivity index (χ0n) is 23.5. The van der Waals surface area contributed by atoms with Gasteiger partial charge in [-0.3, -0.25) is 4.79 Å². The lowest BCUT2D eigenvalue weighted by Crippen LogP contribution is -2.26. The smallest absolute Gasteiger partial charge is 0.253 e. The molecule has 8 heteroatoms. The summed E-state index contributed by atoms with van der Waals surface area (Å²) in [4.78, 5) is 12.0. The Hall–Kier alpha value is -5.21. The van der Waals surface area contributed by atoms with E-state index in [-0.39, 0.29) is 18.8 Å². The minimum Gasteiger partial charge on any atom is -0.454 e. The molecule has 0 radical (unpaired) electrons. The topological polar surface area (TPSA) is 101 Å². The number of fused-ring (bicyclic) bond motifs is 2. The van der Waals surface area contributed by atoms with Crippen LogP contribution in [0.2, 0.25) is 0 Å². The first-order chi connectivity index (χ1) is 21.1. The number of hydrogen-bond donors (Lipinski definition) is 2. The maximum Gasteiger partial charge on any atom is 0.253 e. The highest BCUT2D eigenvalue weighted by Crippen LogP contribution is 2.34. The molecule has 7 rings (SSSR count). The lowest BCUT2D eigenvalue weighted by molar-refractivity contribution is -0.124. The van der Waals surface area contributed by atoms with Gasteiger partial charge in [-0.1, -0.05) is 60.7 Å². The van der Waals surface area contributed by atoms with Gasteiger partial charge in [0.1, 0.15) is 6.10 Å². The standard InChI is InChI=1S/C20H19NO4.C15H13NO2/c22-20(18-2-1-11-23-18)21-16-8-5-14(6-9-16)3-4-15-7-10-17-19(12-15)25-13-24-17;16-13-6-3-11(4-7-13)1-2-12-5-8-14-15(9-12)18-10-17-14/h3-10,12,18H,1-2,11,13H2,(H,21,22);1-9H,10,16H2/b4-3+;2-1+. The van der Waals surface area contributed by atoms with Crippen LogP contribution in [0.5, 0.6) is 23.0 Å². The fourth-order valence-corrected chi connectivity index (χ4v) is 4.71. The van der Waals surface area contributed by atoms with Crippen molar-refractivity contribution in [3.05, 3.63) is 107 Å². The van der Waals surface area contributed by atoms with Gasteiger partial charge >= 0.3 is 0 Å². The molecule has 1 atom stereocenters. The van der Waals surface area contributed by atoms with Crippen LogP contribution in [0.15, 0.2) is 84.9 Å². The van der Waals surface area contributed by atoms with Crippen molar-refractivity contribution in [2.75, 3.05) is 31.2 Å². The molecule has 3 aliphatic rings. The van der Waals surface area contributed by atoms with Crippen LogP contribution in [0.4, 0.5) is 11.4 Å². The molecule has 218 valence electrons. The van der Waals surface area contributed by atoms with Crippen molar-refractivity contribution < 1.29 is 28.5 Å². The second-order valence-corrected chi connectivity index (χ2v) is 10.2. The van der Waals surface area contributed by atoms with Crippen LogP contribution in [0.25, 0.3) is 24.3 Å². The van der Waals surface area contributed by atoms with E-state index in [2.05, 4.69) is 5.32 Å². The van der Waals surface area contributed by atoms with Crippen LogP contribution in [-0.4, -0.2) is 32.2 Å². The minimum atomic E-state index is -0.314. The minimum absolute atomic E-state index is 0.0684. The van der Waals surface area contributed by atoms with Crippen molar-refractivity contribution in [3.63, 3.8) is 0 Å². The summed E-state index contributed by atoms with van der Waals surface area (Å²) >= 11 is 0. The Bertz CT molecular complexity index is 1620. The quantitative estimate of drug-likeness (QED) is 0.191. The van der Waals surface area contributed by atoms with Crippen molar-refractivity contribution in [3.8, 4) is 23.0 Å². The van der Waals surface area contributed by atoms with Crippen LogP contribution in [0.3, 0.4) is 0 Å². The lowest BCUT2D eigenvalue weighted by Gasteiger charge is -2.10. The van der Waals surface area contributed by atoms with E-state index in [1.165, 1.54) is 0 Å². The number of nitrogens with one attached hydrogen (secondary N) is 1. The van der Waals surface area contributed by atoms with Gasteiger partial charge in [0.2, 0.25) is 13.6 Å². The second kappa shape index (κ2) is 13.2. The number of nitrogen functional groups attached to an aromatic ring is 1. The maximum atomic E-state index is 12.0. The Morgan fingerprint density at radius 3 is 1.67 bits per heavy atom. The number of hydrogen-bond acceptors (Lipinski definition) is 7. The predicted molar refractivity (Wildman–Crippen MR) is 168 cm³/mol. The highest BCUT2D eigenvalue weighted by molar-refractivity contribution is 5.94. The predicted octanol–water partition coefficient (Wildman–Crippen LogP) is 6.87. The molecule has 3 heterocycles. The highest BCUT2D eigenvalue weighted by atomic mass is 16.7. The molecule has 0 saturated carbocycles. The number of rotatable bonds is 6. The summed E-state index contributed by atoms with van der Waals surface area (Å²) in [7, 11) is 0. The normalized spacial score (nSPS) is 16.3. The van der Waals surface area contributed by atoms with E-state index in [4.69, 9.17) is 29.4 Å². The third-order valence-corrected chi connectivity index (χ3v) is 7.07. The molecule has 1 amide bonds. The number of nitrogens with two attached hydrogens (primary N) is 1. The van der Waals surface area contributed by atoms with Gasteiger partial charge in [-0.05, 0) is 83.6 Å². The number of amides is 1. The van der Waals surface area contributed by atoms with Gasteiger partial charge in [-0.2, -0.15) is 0 Å². The zero-order valence-corrected chi connectivity index (χ0v) is 23.5. The Morgan fingerprint density at radius 1 is 0.651 bits per heavy atom. The number of carbonyl (C=O) groups is 1. The largest absolute Gasteiger partial charge is 0.454 e. The molecule has 8 nitrogen and oxygen atoms in total. The number of anilines is 2. The average Bonchev–Trinajstić information content (AvgIpc) is 3.83. The molecule has 4 aromatic carbocycles. The monoisotopic (exact) mass is 576 g/mol. The zero-order chi connectivity index (χ0) is 29.4. The summed E-state index contributed by atoms with van der Waals surface area (Å²) in [5.74, 6) is 3.09. The summed E-state index contributed by atoms with van der Waals surface area (Å²) in [6, 6.07) is 27.2. The molecule has 0 aliphatic carbocycles. The Labute approximate surface area is 250 Å². The Kier molecular flexibility index (Phi) is 8.56. The fourth-order valence-electron chi connectivity index (χ4n) is 4.71. The molecule has 1 fully saturated rings. The number of carbonyl (C=O) groups excluding carboxylic acids is 1. The first kappa shape index (κ1) is 27.9. The fraction of sp³-hybridized carbons (Fsp3) is 0.171. The summed E-state index contributed by atoms with van der Waals surface area (Å²) in [6.45, 7) is 1.25. The SMILES string of the molecule is Nc1ccc(/C=C/c2ccc3c(c2)OCO3)cc1.O=C(Nc1ccc(/C=C/c2ccc3c(c2)OCO3)cc1)C1CCCO1. The van der Waals surface area contributed by atoms with Crippen LogP contribution in [-0.2, 0) is 9.53 Å². The van der Waals surface area contributed by atoms with Crippen LogP contribution < -0.4 is 30.0 Å². The molecule has 0 aromatic heterocycles. The molecule has 1 unspecified atom stereocenters. The number of ether oxygens (including phenoxy) is 5. The van der Waals surface area contributed by atoms with Gasteiger partial charge in [0.25, 0.3) is 5.91 Å². The van der Waals surface area contributed by atoms with Crippen molar-refractivity contribution in [1.82, 2.24) is 0 Å². The van der Waals surface area contributed by atoms with Crippen LogP contribution in [0, 0.1) is 0 Å². The van der Waals surface area contributed by atoms with E-state index >= 15 is 0 Å². The van der Waals surface area contributed by atoms with Gasteiger partial charge in [-0.15, -0.1) is 0 Å². The maximum absolute atomic E-state index is 12.0. The van der Waals surface area contributed by atoms with Gasteiger partial charge in [0, 0.05) is 18.0 Å². The summed E-state index contributed by atoms with van der Waals surface area (Å²) in [5.41, 5.74) is 11.5. The van der Waals surface area contributed by atoms with E-state index in [1.807, 2.05) is 109 Å². The number of benzene rings is 4. The Morgan fingerprint density at radius 2 is 1.14 bits per heavy atom. The molecular formula is C35H32N2O6. The molecule has 3 aliphatic heterocycles. The van der Waals surface area contributed by atoms with Crippen LogP contribution >= 0.6 is 0 Å². The molecular weight excluding hydrogens is 544 g/mol. The van der Waals surface area contributed by atoms with E-state index < -0.39 is 0 Å². The molecule has 4 aromatic rings. The van der Waals surface area contributed by atoms with Gasteiger partial charge in [0.05, 0.1) is 0 Å². The summed E-state index contributed by atoms with van der Waals surface area (Å²) in [5, 5.41) is 2.89. The third-order valence-electron chi connectivity index (χ3n) is 7.07. The third kappa shape index (κ3) is 7.36. The van der Waals surface area contributed by atoms with Crippen molar-refractivity contribution >= 4 is 41.6 Å². The molecule has 1 saturated heterocycles. The van der Waals surface area contributed by atoms with Crippen molar-refractivity contribution in [2.45, 2.75) is 18.9 Å². The first-order valence-corrected chi connectivity index (χ1v) is 14.1. The van der Waals surface area contributed by atoms with Crippen LogP contribution in [0.1, 0.15) is 35.1 Å². The first-order valence-electron chi connectivity index (χ1n) is 14.1.